The maximum Gasteiger partial charge on any atom is 0.341 e. The second kappa shape index (κ2) is 5.33. The third kappa shape index (κ3) is 2.37. The van der Waals surface area contributed by atoms with Crippen molar-refractivity contribution in [2.45, 2.75) is 26.7 Å². The number of hydrogen-bond donors (Lipinski definition) is 1. The number of carbonyl (C=O) groups is 1. The second-order valence-corrected chi connectivity index (χ2v) is 5.05. The SMILES string of the molecule is Cc1ccc(C(=O)O)c(=O)n1-c1ccccc1C(C)C. The first-order valence-electron chi connectivity index (χ1n) is 6.48. The van der Waals surface area contributed by atoms with Crippen LogP contribution in [0.25, 0.3) is 5.69 Å². The first-order chi connectivity index (χ1) is 9.43. The summed E-state index contributed by atoms with van der Waals surface area (Å²) in [6, 6.07) is 10.6. The van der Waals surface area contributed by atoms with E-state index in [0.717, 1.165) is 11.3 Å². The van der Waals surface area contributed by atoms with Crippen molar-refractivity contribution in [3.63, 3.8) is 0 Å². The molecule has 1 heterocycles. The van der Waals surface area contributed by atoms with Gasteiger partial charge in [-0.25, -0.2) is 4.79 Å². The Labute approximate surface area is 117 Å². The fourth-order valence-corrected chi connectivity index (χ4v) is 2.27. The molecule has 20 heavy (non-hydrogen) atoms. The van der Waals surface area contributed by atoms with E-state index in [0.29, 0.717) is 5.69 Å². The molecule has 1 N–H and O–H groups in total. The maximum atomic E-state index is 12.4. The van der Waals surface area contributed by atoms with Crippen molar-refractivity contribution in [2.24, 2.45) is 0 Å². The molecule has 0 radical (unpaired) electrons. The van der Waals surface area contributed by atoms with Crippen LogP contribution < -0.4 is 5.56 Å². The summed E-state index contributed by atoms with van der Waals surface area (Å²) in [5.41, 5.74) is 1.76. The summed E-state index contributed by atoms with van der Waals surface area (Å²) >= 11 is 0. The molecule has 2 rings (SSSR count). The van der Waals surface area contributed by atoms with Crippen LogP contribution in [-0.4, -0.2) is 15.6 Å². The van der Waals surface area contributed by atoms with E-state index in [9.17, 15) is 9.59 Å². The van der Waals surface area contributed by atoms with E-state index in [1.165, 1.54) is 10.6 Å². The molecule has 2 aromatic rings. The van der Waals surface area contributed by atoms with Crippen molar-refractivity contribution in [2.75, 3.05) is 0 Å². The Kier molecular flexibility index (Phi) is 3.74. The monoisotopic (exact) mass is 271 g/mol. The predicted octanol–water partition coefficient (Wildman–Crippen LogP) is 2.97. The number of aromatic nitrogens is 1. The minimum absolute atomic E-state index is 0.214. The lowest BCUT2D eigenvalue weighted by Gasteiger charge is -2.17. The molecular formula is C16H17NO3. The summed E-state index contributed by atoms with van der Waals surface area (Å²) in [6.45, 7) is 5.88. The van der Waals surface area contributed by atoms with Gasteiger partial charge in [-0.15, -0.1) is 0 Å². The highest BCUT2D eigenvalue weighted by atomic mass is 16.4. The molecule has 1 aromatic carbocycles. The molecule has 4 heteroatoms. The van der Waals surface area contributed by atoms with E-state index in [1.807, 2.05) is 38.1 Å². The zero-order valence-corrected chi connectivity index (χ0v) is 11.8. The number of rotatable bonds is 3. The van der Waals surface area contributed by atoms with Crippen molar-refractivity contribution in [1.82, 2.24) is 4.57 Å². The average molecular weight is 271 g/mol. The van der Waals surface area contributed by atoms with E-state index >= 15 is 0 Å². The summed E-state index contributed by atoms with van der Waals surface area (Å²) in [7, 11) is 0. The summed E-state index contributed by atoms with van der Waals surface area (Å²) in [5, 5.41) is 9.09. The highest BCUT2D eigenvalue weighted by Gasteiger charge is 2.16. The Morgan fingerprint density at radius 3 is 2.40 bits per heavy atom. The molecule has 0 aliphatic carbocycles. The van der Waals surface area contributed by atoms with Crippen LogP contribution in [-0.2, 0) is 0 Å². The van der Waals surface area contributed by atoms with Gasteiger partial charge in [0.25, 0.3) is 5.56 Å². The van der Waals surface area contributed by atoms with Crippen molar-refractivity contribution in [3.05, 3.63) is 63.6 Å². The number of aromatic carboxylic acids is 1. The molecule has 0 fully saturated rings. The van der Waals surface area contributed by atoms with Gasteiger partial charge in [-0.3, -0.25) is 9.36 Å². The standard InChI is InChI=1S/C16H17NO3/c1-10(2)12-6-4-5-7-14(12)17-11(3)8-9-13(15(17)18)16(19)20/h4-10H,1-3H3,(H,19,20). The van der Waals surface area contributed by atoms with E-state index in [1.54, 1.807) is 13.0 Å². The van der Waals surface area contributed by atoms with Crippen LogP contribution in [0, 0.1) is 6.92 Å². The van der Waals surface area contributed by atoms with Crippen LogP contribution in [0.3, 0.4) is 0 Å². The third-order valence-electron chi connectivity index (χ3n) is 3.31. The van der Waals surface area contributed by atoms with Gasteiger partial charge in [-0.1, -0.05) is 32.0 Å². The van der Waals surface area contributed by atoms with E-state index < -0.39 is 11.5 Å². The Hall–Kier alpha value is -2.36. The summed E-state index contributed by atoms with van der Waals surface area (Å²) in [5.74, 6) is -0.961. The zero-order chi connectivity index (χ0) is 14.9. The van der Waals surface area contributed by atoms with Crippen LogP contribution in [0.2, 0.25) is 0 Å². The Morgan fingerprint density at radius 2 is 1.80 bits per heavy atom. The van der Waals surface area contributed by atoms with Gasteiger partial charge in [0.05, 0.1) is 5.69 Å². The number of benzene rings is 1. The van der Waals surface area contributed by atoms with Crippen LogP contribution in [0.4, 0.5) is 0 Å². The molecule has 4 nitrogen and oxygen atoms in total. The van der Waals surface area contributed by atoms with E-state index in [-0.39, 0.29) is 11.5 Å². The molecule has 1 aromatic heterocycles. The summed E-state index contributed by atoms with van der Waals surface area (Å²) in [4.78, 5) is 23.5. The lowest BCUT2D eigenvalue weighted by Crippen LogP contribution is -2.27. The largest absolute Gasteiger partial charge is 0.477 e. The lowest BCUT2D eigenvalue weighted by atomic mass is 10.0. The minimum atomic E-state index is -1.20. The van der Waals surface area contributed by atoms with Gasteiger partial charge in [0, 0.05) is 5.69 Å². The van der Waals surface area contributed by atoms with Gasteiger partial charge in [-0.2, -0.15) is 0 Å². The lowest BCUT2D eigenvalue weighted by molar-refractivity contribution is 0.0694. The number of carboxylic acids is 1. The third-order valence-corrected chi connectivity index (χ3v) is 3.31. The molecule has 0 atom stereocenters. The fraction of sp³-hybridized carbons (Fsp3) is 0.250. The molecule has 0 spiro atoms. The van der Waals surface area contributed by atoms with Crippen molar-refractivity contribution in [1.29, 1.82) is 0 Å². The average Bonchev–Trinajstić information content (AvgIpc) is 2.38. The van der Waals surface area contributed by atoms with Gasteiger partial charge in [0.1, 0.15) is 5.56 Å². The van der Waals surface area contributed by atoms with Crippen LogP contribution in [0.15, 0.2) is 41.2 Å². The van der Waals surface area contributed by atoms with Crippen molar-refractivity contribution in [3.8, 4) is 5.69 Å². The molecule has 0 bridgehead atoms. The maximum absolute atomic E-state index is 12.4. The topological polar surface area (TPSA) is 59.3 Å². The number of para-hydroxylation sites is 1. The molecule has 0 aliphatic rings. The molecule has 0 amide bonds. The van der Waals surface area contributed by atoms with Gasteiger partial charge in [-0.05, 0) is 36.6 Å². The minimum Gasteiger partial charge on any atom is -0.477 e. The number of pyridine rings is 1. The van der Waals surface area contributed by atoms with Crippen LogP contribution in [0.5, 0.6) is 0 Å². The Bertz CT molecular complexity index is 714. The fourth-order valence-electron chi connectivity index (χ4n) is 2.27. The van der Waals surface area contributed by atoms with E-state index in [2.05, 4.69) is 0 Å². The Morgan fingerprint density at radius 1 is 1.15 bits per heavy atom. The first kappa shape index (κ1) is 14.1. The predicted molar refractivity (Wildman–Crippen MR) is 77.8 cm³/mol. The molecular weight excluding hydrogens is 254 g/mol. The highest BCUT2D eigenvalue weighted by molar-refractivity contribution is 5.87. The van der Waals surface area contributed by atoms with Gasteiger partial charge >= 0.3 is 5.97 Å². The number of hydrogen-bond acceptors (Lipinski definition) is 2. The molecule has 104 valence electrons. The number of nitrogens with zero attached hydrogens (tertiary/aromatic N) is 1. The molecule has 0 saturated heterocycles. The second-order valence-electron chi connectivity index (χ2n) is 5.05. The summed E-state index contributed by atoms with van der Waals surface area (Å²) < 4.78 is 1.47. The molecule has 0 unspecified atom stereocenters. The zero-order valence-electron chi connectivity index (χ0n) is 11.8. The normalized spacial score (nSPS) is 10.8. The smallest absolute Gasteiger partial charge is 0.341 e. The molecule has 0 saturated carbocycles. The van der Waals surface area contributed by atoms with Crippen molar-refractivity contribution >= 4 is 5.97 Å². The van der Waals surface area contributed by atoms with E-state index in [4.69, 9.17) is 5.11 Å². The van der Waals surface area contributed by atoms with Gasteiger partial charge in [0.15, 0.2) is 0 Å². The highest BCUT2D eigenvalue weighted by Crippen LogP contribution is 2.22. The Balaban J connectivity index is 2.80. The van der Waals surface area contributed by atoms with Crippen molar-refractivity contribution < 1.29 is 9.90 Å². The molecule has 0 aliphatic heterocycles. The van der Waals surface area contributed by atoms with Crippen LogP contribution in [0.1, 0.15) is 41.4 Å². The van der Waals surface area contributed by atoms with Crippen LogP contribution >= 0.6 is 0 Å². The summed E-state index contributed by atoms with van der Waals surface area (Å²) in [6.07, 6.45) is 0. The first-order valence-corrected chi connectivity index (χ1v) is 6.48. The number of aryl methyl sites for hydroxylation is 1. The van der Waals surface area contributed by atoms with Gasteiger partial charge < -0.3 is 5.11 Å². The van der Waals surface area contributed by atoms with Gasteiger partial charge in [0.2, 0.25) is 0 Å². The number of carboxylic acid groups (broad SMARTS) is 1. The quantitative estimate of drug-likeness (QED) is 0.933.